The lowest BCUT2D eigenvalue weighted by Gasteiger charge is -2.50. The summed E-state index contributed by atoms with van der Waals surface area (Å²) in [7, 11) is 0. The molecule has 0 amide bonds. The summed E-state index contributed by atoms with van der Waals surface area (Å²) >= 11 is 0. The lowest BCUT2D eigenvalue weighted by atomic mass is 9.69. The van der Waals surface area contributed by atoms with Crippen LogP contribution in [-0.2, 0) is 20.8 Å². The van der Waals surface area contributed by atoms with Crippen LogP contribution in [-0.4, -0.2) is 31.6 Å². The lowest BCUT2D eigenvalue weighted by molar-refractivity contribution is -0.226. The highest BCUT2D eigenvalue weighted by atomic mass is 16.6. The topological polar surface area (TPSA) is 76.5 Å². The Kier molecular flexibility index (Phi) is 6.63. The van der Waals surface area contributed by atoms with Crippen LogP contribution in [0.3, 0.4) is 0 Å². The van der Waals surface area contributed by atoms with E-state index < -0.39 is 0 Å². The van der Waals surface area contributed by atoms with E-state index >= 15 is 0 Å². The number of nitrogens with zero attached hydrogens (tertiary/aromatic N) is 3. The van der Waals surface area contributed by atoms with Crippen LogP contribution < -0.4 is 0 Å². The fourth-order valence-electron chi connectivity index (χ4n) is 3.16. The van der Waals surface area contributed by atoms with Crippen molar-refractivity contribution < 1.29 is 14.2 Å². The van der Waals surface area contributed by atoms with Crippen LogP contribution in [0.2, 0.25) is 0 Å². The summed E-state index contributed by atoms with van der Waals surface area (Å²) in [5.41, 5.74) is 9.36. The van der Waals surface area contributed by atoms with Crippen molar-refractivity contribution in [2.75, 3.05) is 13.3 Å². The predicted octanol–water partition coefficient (Wildman–Crippen LogP) is 4.31. The first-order valence-corrected chi connectivity index (χ1v) is 8.36. The molecule has 2 rings (SSSR count). The van der Waals surface area contributed by atoms with Crippen molar-refractivity contribution in [1.29, 1.82) is 0 Å². The van der Waals surface area contributed by atoms with Gasteiger partial charge in [0.05, 0.1) is 31.5 Å². The van der Waals surface area contributed by atoms with Crippen LogP contribution in [0.4, 0.5) is 0 Å². The van der Waals surface area contributed by atoms with E-state index in [1.807, 2.05) is 25.1 Å². The molecule has 1 heterocycles. The summed E-state index contributed by atoms with van der Waals surface area (Å²) in [6.07, 6.45) is -0.0636. The largest absolute Gasteiger partial charge is 0.373 e. The Balaban J connectivity index is 1.96. The molecule has 1 aliphatic rings. The number of benzene rings is 1. The molecule has 1 aliphatic heterocycles. The Hall–Kier alpha value is -1.59. The van der Waals surface area contributed by atoms with Crippen molar-refractivity contribution in [3.05, 3.63) is 46.3 Å². The molecule has 1 aromatic carbocycles. The third kappa shape index (κ3) is 4.48. The van der Waals surface area contributed by atoms with Gasteiger partial charge in [-0.25, -0.2) is 0 Å². The molecular formula is C18H27N3O3. The van der Waals surface area contributed by atoms with E-state index in [2.05, 4.69) is 42.9 Å². The first-order valence-electron chi connectivity index (χ1n) is 8.36. The highest BCUT2D eigenvalue weighted by molar-refractivity contribution is 5.13. The maximum absolute atomic E-state index is 8.31. The van der Waals surface area contributed by atoms with E-state index in [1.165, 1.54) is 0 Å². The van der Waals surface area contributed by atoms with Crippen LogP contribution in [0, 0.1) is 11.3 Å². The first kappa shape index (κ1) is 18.7. The summed E-state index contributed by atoms with van der Waals surface area (Å²) in [5.74, 6) is 0.304. The monoisotopic (exact) mass is 333 g/mol. The molecule has 0 aliphatic carbocycles. The van der Waals surface area contributed by atoms with E-state index in [0.29, 0.717) is 19.1 Å². The van der Waals surface area contributed by atoms with Gasteiger partial charge in [0.2, 0.25) is 0 Å². The Labute approximate surface area is 143 Å². The van der Waals surface area contributed by atoms with Gasteiger partial charge < -0.3 is 14.2 Å². The second kappa shape index (κ2) is 8.49. The quantitative estimate of drug-likeness (QED) is 0.323. The van der Waals surface area contributed by atoms with Gasteiger partial charge in [0.25, 0.3) is 0 Å². The van der Waals surface area contributed by atoms with Crippen molar-refractivity contribution in [3.8, 4) is 0 Å². The minimum absolute atomic E-state index is 0.0218. The third-order valence-corrected chi connectivity index (χ3v) is 5.10. The van der Waals surface area contributed by atoms with Crippen LogP contribution in [0.1, 0.15) is 33.3 Å². The molecule has 24 heavy (non-hydrogen) atoms. The zero-order chi connectivity index (χ0) is 17.6. The molecule has 132 valence electrons. The number of hydrogen-bond acceptors (Lipinski definition) is 4. The number of hydrogen-bond donors (Lipinski definition) is 0. The first-order chi connectivity index (χ1) is 11.5. The predicted molar refractivity (Wildman–Crippen MR) is 92.3 cm³/mol. The van der Waals surface area contributed by atoms with Gasteiger partial charge in [0.1, 0.15) is 6.73 Å². The molecule has 4 atom stereocenters. The average molecular weight is 333 g/mol. The molecule has 1 fully saturated rings. The second-order valence-electron chi connectivity index (χ2n) is 6.93. The fourth-order valence-corrected chi connectivity index (χ4v) is 3.16. The van der Waals surface area contributed by atoms with Gasteiger partial charge in [-0.2, -0.15) is 0 Å². The molecule has 1 saturated heterocycles. The van der Waals surface area contributed by atoms with Crippen LogP contribution in [0.25, 0.3) is 10.4 Å². The van der Waals surface area contributed by atoms with Crippen molar-refractivity contribution in [1.82, 2.24) is 0 Å². The Morgan fingerprint density at radius 3 is 2.62 bits per heavy atom. The van der Waals surface area contributed by atoms with Gasteiger partial charge in [-0.15, -0.1) is 0 Å². The van der Waals surface area contributed by atoms with Gasteiger partial charge >= 0.3 is 0 Å². The molecule has 6 heteroatoms. The normalized spacial score (nSPS) is 29.0. The smallest absolute Gasteiger partial charge is 0.126 e. The lowest BCUT2D eigenvalue weighted by Crippen LogP contribution is -2.56. The Morgan fingerprint density at radius 2 is 1.96 bits per heavy atom. The SMILES string of the molecule is CC1OC(COCN=[N+]=[N-])C(C)(C)[C@H](C)C1OCc1ccccc1. The maximum atomic E-state index is 8.31. The van der Waals surface area contributed by atoms with E-state index in [-0.39, 0.29) is 30.5 Å². The van der Waals surface area contributed by atoms with Gasteiger partial charge in [-0.1, -0.05) is 56.2 Å². The minimum atomic E-state index is -0.107. The van der Waals surface area contributed by atoms with Crippen molar-refractivity contribution in [2.45, 2.75) is 52.6 Å². The molecule has 0 aromatic heterocycles. The molecule has 1 aromatic rings. The van der Waals surface area contributed by atoms with Gasteiger partial charge in [0, 0.05) is 4.91 Å². The zero-order valence-electron chi connectivity index (χ0n) is 14.9. The molecule has 0 bridgehead atoms. The Bertz CT molecular complexity index is 558. The number of azide groups is 1. The maximum Gasteiger partial charge on any atom is 0.126 e. The second-order valence-corrected chi connectivity index (χ2v) is 6.93. The molecule has 0 N–H and O–H groups in total. The highest BCUT2D eigenvalue weighted by Crippen LogP contribution is 2.42. The van der Waals surface area contributed by atoms with E-state index in [1.54, 1.807) is 0 Å². The van der Waals surface area contributed by atoms with Crippen LogP contribution in [0.5, 0.6) is 0 Å². The number of ether oxygens (including phenoxy) is 3. The molecule has 3 unspecified atom stereocenters. The summed E-state index contributed by atoms with van der Waals surface area (Å²) in [4.78, 5) is 2.69. The highest BCUT2D eigenvalue weighted by Gasteiger charge is 2.47. The summed E-state index contributed by atoms with van der Waals surface area (Å²) in [6.45, 7) is 9.61. The van der Waals surface area contributed by atoms with Crippen molar-refractivity contribution >= 4 is 0 Å². The standard InChI is InChI=1S/C18H27N3O3/c1-13-17(23-10-15-8-6-5-7-9-15)14(2)24-16(18(13,3)4)11-22-12-20-21-19/h5-9,13-14,16-17H,10-12H2,1-4H3/t13-,14?,16?,17?/m1/s1. The van der Waals surface area contributed by atoms with Gasteiger partial charge in [-0.3, -0.25) is 0 Å². The van der Waals surface area contributed by atoms with Gasteiger partial charge in [0.15, 0.2) is 0 Å². The molecular weight excluding hydrogens is 306 g/mol. The molecule has 0 saturated carbocycles. The fraction of sp³-hybridized carbons (Fsp3) is 0.667. The molecule has 0 radical (unpaired) electrons. The van der Waals surface area contributed by atoms with Crippen molar-refractivity contribution in [3.63, 3.8) is 0 Å². The van der Waals surface area contributed by atoms with Crippen LogP contribution in [0.15, 0.2) is 35.4 Å². The van der Waals surface area contributed by atoms with Crippen molar-refractivity contribution in [2.24, 2.45) is 16.4 Å². The average Bonchev–Trinajstić information content (AvgIpc) is 2.57. The van der Waals surface area contributed by atoms with Gasteiger partial charge in [-0.05, 0) is 29.4 Å². The summed E-state index contributed by atoms with van der Waals surface area (Å²) in [6, 6.07) is 10.2. The number of rotatable bonds is 7. The summed E-state index contributed by atoms with van der Waals surface area (Å²) in [5, 5.41) is 3.40. The van der Waals surface area contributed by atoms with E-state index in [0.717, 1.165) is 5.56 Å². The zero-order valence-corrected chi connectivity index (χ0v) is 14.9. The molecule has 6 nitrogen and oxygen atoms in total. The van der Waals surface area contributed by atoms with Crippen LogP contribution >= 0.6 is 0 Å². The minimum Gasteiger partial charge on any atom is -0.373 e. The van der Waals surface area contributed by atoms with E-state index in [9.17, 15) is 0 Å². The van der Waals surface area contributed by atoms with E-state index in [4.69, 9.17) is 19.7 Å². The third-order valence-electron chi connectivity index (χ3n) is 5.10. The Morgan fingerprint density at radius 1 is 1.25 bits per heavy atom. The molecule has 0 spiro atoms. The summed E-state index contributed by atoms with van der Waals surface area (Å²) < 4.78 is 17.8.